The Balaban J connectivity index is 3.20. The van der Waals surface area contributed by atoms with E-state index in [0.717, 1.165) is 0 Å². The predicted octanol–water partition coefficient (Wildman–Crippen LogP) is 0.811. The van der Waals surface area contributed by atoms with Crippen molar-refractivity contribution in [1.29, 1.82) is 0 Å². The molecule has 106 valence electrons. The minimum Gasteiger partial charge on any atom is -0.483 e. The van der Waals surface area contributed by atoms with Crippen LogP contribution < -0.4 is 15.2 Å². The molecule has 0 heterocycles. The van der Waals surface area contributed by atoms with Crippen molar-refractivity contribution in [2.45, 2.75) is 18.7 Å². The van der Waals surface area contributed by atoms with Crippen molar-refractivity contribution in [3.8, 4) is 5.75 Å². The Labute approximate surface area is 116 Å². The lowest BCUT2D eigenvalue weighted by atomic mass is 10.2. The highest BCUT2D eigenvalue weighted by atomic mass is 35.5. The Bertz CT molecular complexity index is 587. The Morgan fingerprint density at radius 3 is 2.63 bits per heavy atom. The van der Waals surface area contributed by atoms with Crippen LogP contribution in [0.2, 0.25) is 5.02 Å². The molecule has 0 aliphatic rings. The molecule has 1 aromatic carbocycles. The molecule has 0 spiro atoms. The highest BCUT2D eigenvalue weighted by Crippen LogP contribution is 2.29. The first-order chi connectivity index (χ1) is 8.77. The van der Waals surface area contributed by atoms with Gasteiger partial charge in [0.2, 0.25) is 10.0 Å². The summed E-state index contributed by atoms with van der Waals surface area (Å²) >= 11 is 5.92. The fourth-order valence-electron chi connectivity index (χ4n) is 1.41. The fourth-order valence-corrected chi connectivity index (χ4v) is 3.05. The van der Waals surface area contributed by atoms with Gasteiger partial charge in [0.15, 0.2) is 6.61 Å². The number of hydrogen-bond donors (Lipinski definition) is 2. The van der Waals surface area contributed by atoms with E-state index in [2.05, 4.69) is 4.72 Å². The van der Waals surface area contributed by atoms with E-state index in [-0.39, 0.29) is 28.8 Å². The number of benzene rings is 1. The first-order valence-corrected chi connectivity index (χ1v) is 7.35. The van der Waals surface area contributed by atoms with Crippen LogP contribution in [0.1, 0.15) is 12.5 Å². The van der Waals surface area contributed by atoms with Gasteiger partial charge in [0.05, 0.1) is 5.02 Å². The van der Waals surface area contributed by atoms with Gasteiger partial charge in [0.25, 0.3) is 5.91 Å². The van der Waals surface area contributed by atoms with Crippen molar-refractivity contribution in [3.63, 3.8) is 0 Å². The van der Waals surface area contributed by atoms with E-state index < -0.39 is 15.9 Å². The number of halogens is 1. The van der Waals surface area contributed by atoms with E-state index in [9.17, 15) is 13.2 Å². The summed E-state index contributed by atoms with van der Waals surface area (Å²) in [6, 6.07) is 2.74. The average Bonchev–Trinajstić information content (AvgIpc) is 2.27. The fraction of sp³-hybridized carbons (Fsp3) is 0.364. The van der Waals surface area contributed by atoms with Crippen LogP contribution in [0, 0.1) is 6.92 Å². The molecule has 1 rings (SSSR count). The summed E-state index contributed by atoms with van der Waals surface area (Å²) in [6.45, 7) is 3.25. The van der Waals surface area contributed by atoms with E-state index in [1.165, 1.54) is 12.1 Å². The number of rotatable bonds is 6. The number of carbonyl (C=O) groups excluding carboxylic acids is 1. The smallest absolute Gasteiger partial charge is 0.255 e. The predicted molar refractivity (Wildman–Crippen MR) is 71.7 cm³/mol. The summed E-state index contributed by atoms with van der Waals surface area (Å²) in [6.07, 6.45) is 0. The molecule has 1 amide bonds. The van der Waals surface area contributed by atoms with Gasteiger partial charge in [-0.25, -0.2) is 13.1 Å². The van der Waals surface area contributed by atoms with Gasteiger partial charge in [-0.1, -0.05) is 18.5 Å². The number of ether oxygens (including phenoxy) is 1. The maximum Gasteiger partial charge on any atom is 0.255 e. The maximum atomic E-state index is 11.9. The Hall–Kier alpha value is -1.31. The second-order valence-electron chi connectivity index (χ2n) is 3.80. The number of nitrogens with two attached hydrogens (primary N) is 1. The van der Waals surface area contributed by atoms with Gasteiger partial charge in [0, 0.05) is 12.6 Å². The topological polar surface area (TPSA) is 98.5 Å². The molecule has 0 aliphatic carbocycles. The number of hydrogen-bond acceptors (Lipinski definition) is 4. The summed E-state index contributed by atoms with van der Waals surface area (Å²) in [5, 5.41) is 0.0878. The largest absolute Gasteiger partial charge is 0.483 e. The van der Waals surface area contributed by atoms with Gasteiger partial charge in [-0.05, 0) is 18.6 Å². The molecular formula is C11H15ClN2O4S. The van der Waals surface area contributed by atoms with Crippen LogP contribution in [-0.2, 0) is 14.8 Å². The van der Waals surface area contributed by atoms with Crippen molar-refractivity contribution in [1.82, 2.24) is 4.72 Å². The van der Waals surface area contributed by atoms with Gasteiger partial charge in [-0.15, -0.1) is 0 Å². The number of amides is 1. The second-order valence-corrected chi connectivity index (χ2v) is 5.95. The van der Waals surface area contributed by atoms with E-state index in [4.69, 9.17) is 22.1 Å². The molecule has 6 nitrogen and oxygen atoms in total. The number of sulfonamides is 1. The summed E-state index contributed by atoms with van der Waals surface area (Å²) in [7, 11) is -3.70. The van der Waals surface area contributed by atoms with Crippen LogP contribution in [0.4, 0.5) is 0 Å². The van der Waals surface area contributed by atoms with Gasteiger partial charge >= 0.3 is 0 Å². The maximum absolute atomic E-state index is 11.9. The van der Waals surface area contributed by atoms with Crippen LogP contribution in [-0.4, -0.2) is 27.5 Å². The number of nitrogens with one attached hydrogen (secondary N) is 1. The molecule has 1 aromatic rings. The summed E-state index contributed by atoms with van der Waals surface area (Å²) in [4.78, 5) is 10.6. The van der Waals surface area contributed by atoms with Crippen LogP contribution in [0.5, 0.6) is 5.75 Å². The Kier molecular flexibility index (Phi) is 5.16. The molecule has 0 saturated carbocycles. The molecule has 0 fully saturated rings. The van der Waals surface area contributed by atoms with Crippen LogP contribution in [0.25, 0.3) is 0 Å². The molecule has 0 unspecified atom stereocenters. The summed E-state index contributed by atoms with van der Waals surface area (Å²) in [5.41, 5.74) is 5.58. The van der Waals surface area contributed by atoms with Crippen molar-refractivity contribution >= 4 is 27.5 Å². The molecule has 0 bridgehead atoms. The van der Waals surface area contributed by atoms with E-state index in [0.29, 0.717) is 5.56 Å². The monoisotopic (exact) mass is 306 g/mol. The lowest BCUT2D eigenvalue weighted by Gasteiger charge is -2.12. The van der Waals surface area contributed by atoms with E-state index in [1.54, 1.807) is 13.8 Å². The molecule has 0 aliphatic heterocycles. The van der Waals surface area contributed by atoms with Gasteiger partial charge in [-0.2, -0.15) is 0 Å². The molecule has 0 saturated heterocycles. The summed E-state index contributed by atoms with van der Waals surface area (Å²) in [5.74, 6) is -0.398. The van der Waals surface area contributed by atoms with Crippen LogP contribution in [0.15, 0.2) is 17.0 Å². The van der Waals surface area contributed by atoms with Gasteiger partial charge < -0.3 is 10.5 Å². The third-order valence-corrected chi connectivity index (χ3v) is 4.23. The quantitative estimate of drug-likeness (QED) is 0.812. The lowest BCUT2D eigenvalue weighted by molar-refractivity contribution is -0.119. The third-order valence-electron chi connectivity index (χ3n) is 2.22. The van der Waals surface area contributed by atoms with E-state index in [1.807, 2.05) is 0 Å². The minimum absolute atomic E-state index is 0.0878. The Morgan fingerprint density at radius 1 is 1.47 bits per heavy atom. The molecule has 0 aromatic heterocycles. The number of carbonyl (C=O) groups is 1. The second kappa shape index (κ2) is 6.23. The summed E-state index contributed by atoms with van der Waals surface area (Å²) < 4.78 is 31.3. The van der Waals surface area contributed by atoms with Gasteiger partial charge in [-0.3, -0.25) is 4.79 Å². The normalized spacial score (nSPS) is 11.3. The van der Waals surface area contributed by atoms with Crippen molar-refractivity contribution in [2.24, 2.45) is 5.73 Å². The Morgan fingerprint density at radius 2 is 2.11 bits per heavy atom. The average molecular weight is 307 g/mol. The van der Waals surface area contributed by atoms with Crippen LogP contribution >= 0.6 is 11.6 Å². The molecule has 0 radical (unpaired) electrons. The standard InChI is InChI=1S/C11H15ClN2O4S/c1-3-14-19(16,17)10-5-9(18-6-11(13)15)7(2)4-8(10)12/h4-5,14H,3,6H2,1-2H3,(H2,13,15). The highest BCUT2D eigenvalue weighted by molar-refractivity contribution is 7.89. The SMILES string of the molecule is CCNS(=O)(=O)c1cc(OCC(N)=O)c(C)cc1Cl. The van der Waals surface area contributed by atoms with Crippen molar-refractivity contribution < 1.29 is 17.9 Å². The zero-order valence-electron chi connectivity index (χ0n) is 10.6. The molecule has 8 heteroatoms. The number of aryl methyl sites for hydroxylation is 1. The van der Waals surface area contributed by atoms with Crippen LogP contribution in [0.3, 0.4) is 0 Å². The number of primary amides is 1. The zero-order chi connectivity index (χ0) is 14.6. The van der Waals surface area contributed by atoms with Crippen molar-refractivity contribution in [3.05, 3.63) is 22.7 Å². The van der Waals surface area contributed by atoms with Gasteiger partial charge in [0.1, 0.15) is 10.6 Å². The molecule has 0 atom stereocenters. The molecule has 3 N–H and O–H groups in total. The van der Waals surface area contributed by atoms with E-state index >= 15 is 0 Å². The lowest BCUT2D eigenvalue weighted by Crippen LogP contribution is -2.24. The molecule has 19 heavy (non-hydrogen) atoms. The van der Waals surface area contributed by atoms with Crippen molar-refractivity contribution in [2.75, 3.05) is 13.2 Å². The third kappa shape index (κ3) is 4.09. The first kappa shape index (κ1) is 15.7. The minimum atomic E-state index is -3.70. The zero-order valence-corrected chi connectivity index (χ0v) is 12.1. The molecular weight excluding hydrogens is 292 g/mol. The first-order valence-electron chi connectivity index (χ1n) is 5.49. The highest BCUT2D eigenvalue weighted by Gasteiger charge is 2.19.